The third kappa shape index (κ3) is 4.52. The molecule has 4 rings (SSSR count). The molecule has 2 heterocycles. The van der Waals surface area contributed by atoms with Crippen molar-refractivity contribution in [1.29, 1.82) is 0 Å². The summed E-state index contributed by atoms with van der Waals surface area (Å²) in [4.78, 5) is 24.9. The normalized spacial score (nSPS) is 23.8. The zero-order valence-corrected chi connectivity index (χ0v) is 18.5. The minimum absolute atomic E-state index is 0.0652. The molecule has 2 aromatic rings. The van der Waals surface area contributed by atoms with Crippen molar-refractivity contribution in [2.45, 2.75) is 43.3 Å². The van der Waals surface area contributed by atoms with Crippen LogP contribution in [0.15, 0.2) is 47.4 Å². The minimum atomic E-state index is -3.69. The van der Waals surface area contributed by atoms with Crippen molar-refractivity contribution in [1.82, 2.24) is 4.31 Å². The maximum Gasteiger partial charge on any atom is 0.243 e. The van der Waals surface area contributed by atoms with E-state index in [0.29, 0.717) is 11.3 Å². The molecule has 0 bridgehead atoms. The van der Waals surface area contributed by atoms with Gasteiger partial charge >= 0.3 is 0 Å². The number of carbonyl (C=O) groups is 2. The quantitative estimate of drug-likeness (QED) is 0.729. The van der Waals surface area contributed by atoms with Gasteiger partial charge in [0, 0.05) is 30.9 Å². The number of ether oxygens (including phenoxy) is 1. The van der Waals surface area contributed by atoms with Gasteiger partial charge in [-0.3, -0.25) is 9.59 Å². The molecule has 1 fully saturated rings. The van der Waals surface area contributed by atoms with E-state index in [1.807, 2.05) is 13.8 Å². The van der Waals surface area contributed by atoms with Crippen molar-refractivity contribution < 1.29 is 27.1 Å². The third-order valence-corrected chi connectivity index (χ3v) is 7.36. The second-order valence-electron chi connectivity index (χ2n) is 8.13. The smallest absolute Gasteiger partial charge is 0.243 e. The van der Waals surface area contributed by atoms with Crippen molar-refractivity contribution in [2.24, 2.45) is 0 Å². The predicted octanol–water partition coefficient (Wildman–Crippen LogP) is 2.69. The fourth-order valence-electron chi connectivity index (χ4n) is 4.09. The van der Waals surface area contributed by atoms with Gasteiger partial charge in [0.1, 0.15) is 5.82 Å². The summed E-state index contributed by atoms with van der Waals surface area (Å²) in [5.41, 5.74) is 1.20. The van der Waals surface area contributed by atoms with E-state index in [2.05, 4.69) is 10.6 Å². The number of carbonyl (C=O) groups excluding carboxylic acids is 2. The van der Waals surface area contributed by atoms with E-state index in [9.17, 15) is 22.4 Å². The molecule has 2 aliphatic heterocycles. The van der Waals surface area contributed by atoms with Crippen LogP contribution in [-0.4, -0.2) is 49.8 Å². The van der Waals surface area contributed by atoms with E-state index in [1.165, 1.54) is 46.8 Å². The zero-order valence-electron chi connectivity index (χ0n) is 17.7. The summed E-state index contributed by atoms with van der Waals surface area (Å²) in [6.07, 6.45) is -0.461. The number of hydrogen-bond acceptors (Lipinski definition) is 5. The van der Waals surface area contributed by atoms with Crippen molar-refractivity contribution >= 4 is 33.2 Å². The van der Waals surface area contributed by atoms with Gasteiger partial charge in [-0.05, 0) is 55.8 Å². The number of benzene rings is 2. The monoisotopic (exact) mass is 461 g/mol. The summed E-state index contributed by atoms with van der Waals surface area (Å²) >= 11 is 0. The molecule has 8 nitrogen and oxygen atoms in total. The lowest BCUT2D eigenvalue weighted by Gasteiger charge is -2.34. The zero-order chi connectivity index (χ0) is 23.0. The first-order valence-electron chi connectivity index (χ1n) is 10.3. The van der Waals surface area contributed by atoms with E-state index in [4.69, 9.17) is 4.74 Å². The first-order chi connectivity index (χ1) is 15.1. The van der Waals surface area contributed by atoms with Crippen LogP contribution in [0.2, 0.25) is 0 Å². The van der Waals surface area contributed by atoms with E-state index < -0.39 is 27.7 Å². The molecule has 170 valence electrons. The molecule has 0 unspecified atom stereocenters. The highest BCUT2D eigenvalue weighted by Crippen LogP contribution is 2.33. The summed E-state index contributed by atoms with van der Waals surface area (Å²) in [5, 5.41) is 5.29. The molecule has 0 aromatic heterocycles. The van der Waals surface area contributed by atoms with E-state index >= 15 is 0 Å². The SMILES string of the molecule is C[C@@H]1CN(S(=O)(=O)c2ccc(NC(=O)[C@@H]3CC(=O)Nc4cc(F)ccc43)cc2)C[C@H](C)O1. The number of sulfonamides is 1. The summed E-state index contributed by atoms with van der Waals surface area (Å²) in [6.45, 7) is 4.20. The molecular weight excluding hydrogens is 437 g/mol. The van der Waals surface area contributed by atoms with Gasteiger partial charge in [-0.1, -0.05) is 6.07 Å². The van der Waals surface area contributed by atoms with Crippen LogP contribution in [0.5, 0.6) is 0 Å². The molecule has 0 spiro atoms. The summed E-state index contributed by atoms with van der Waals surface area (Å²) < 4.78 is 46.4. The van der Waals surface area contributed by atoms with Crippen LogP contribution in [0.3, 0.4) is 0 Å². The van der Waals surface area contributed by atoms with Crippen LogP contribution in [0, 0.1) is 5.82 Å². The highest BCUT2D eigenvalue weighted by Gasteiger charge is 2.33. The molecule has 1 saturated heterocycles. The topological polar surface area (TPSA) is 105 Å². The van der Waals surface area contributed by atoms with Crippen LogP contribution in [0.4, 0.5) is 15.8 Å². The second kappa shape index (κ2) is 8.61. The average molecular weight is 462 g/mol. The highest BCUT2D eigenvalue weighted by atomic mass is 32.2. The molecule has 0 radical (unpaired) electrons. The first-order valence-corrected chi connectivity index (χ1v) is 11.7. The molecule has 2 amide bonds. The Morgan fingerprint density at radius 3 is 2.44 bits per heavy atom. The van der Waals surface area contributed by atoms with Gasteiger partial charge < -0.3 is 15.4 Å². The summed E-state index contributed by atoms with van der Waals surface area (Å²) in [5.74, 6) is -2.09. The van der Waals surface area contributed by atoms with Gasteiger partial charge in [0.15, 0.2) is 0 Å². The average Bonchev–Trinajstić information content (AvgIpc) is 2.72. The Kier molecular flexibility index (Phi) is 6.02. The number of nitrogens with zero attached hydrogens (tertiary/aromatic N) is 1. The summed E-state index contributed by atoms with van der Waals surface area (Å²) in [6, 6.07) is 9.79. The number of hydrogen-bond donors (Lipinski definition) is 2. The van der Waals surface area contributed by atoms with Gasteiger partial charge in [-0.25, -0.2) is 12.8 Å². The van der Waals surface area contributed by atoms with Crippen molar-refractivity contribution in [3.8, 4) is 0 Å². The number of anilines is 2. The number of amides is 2. The Morgan fingerprint density at radius 1 is 1.12 bits per heavy atom. The molecule has 10 heteroatoms. The molecular formula is C22H24FN3O5S. The van der Waals surface area contributed by atoms with Crippen LogP contribution in [-0.2, 0) is 24.3 Å². The maximum absolute atomic E-state index is 13.5. The van der Waals surface area contributed by atoms with Gasteiger partial charge in [-0.2, -0.15) is 4.31 Å². The molecule has 2 aliphatic rings. The van der Waals surface area contributed by atoms with Crippen molar-refractivity contribution in [2.75, 3.05) is 23.7 Å². The number of morpholine rings is 1. The molecule has 0 saturated carbocycles. The Bertz CT molecular complexity index is 1140. The number of rotatable bonds is 4. The predicted molar refractivity (Wildman–Crippen MR) is 116 cm³/mol. The van der Waals surface area contributed by atoms with Crippen molar-refractivity contribution in [3.05, 3.63) is 53.8 Å². The Hall–Kier alpha value is -2.82. The van der Waals surface area contributed by atoms with Crippen molar-refractivity contribution in [3.63, 3.8) is 0 Å². The number of fused-ring (bicyclic) bond motifs is 1. The molecule has 0 aliphatic carbocycles. The summed E-state index contributed by atoms with van der Waals surface area (Å²) in [7, 11) is -3.69. The largest absolute Gasteiger partial charge is 0.373 e. The standard InChI is InChI=1S/C22H24FN3O5S/c1-13-11-26(12-14(2)31-13)32(29,30)17-6-4-16(5-7-17)24-22(28)19-10-21(27)25-20-9-15(23)3-8-18(19)20/h3-9,13-14,19H,10-12H2,1-2H3,(H,24,28)(H,25,27)/t13-,14+,19-/m1/s1. The molecule has 32 heavy (non-hydrogen) atoms. The Labute approximate surface area is 185 Å². The van der Waals surface area contributed by atoms with Crippen LogP contribution in [0.25, 0.3) is 0 Å². The van der Waals surface area contributed by atoms with Crippen LogP contribution < -0.4 is 10.6 Å². The molecule has 3 atom stereocenters. The van der Waals surface area contributed by atoms with Gasteiger partial charge in [0.05, 0.1) is 23.0 Å². The maximum atomic E-state index is 13.5. The van der Waals surface area contributed by atoms with Gasteiger partial charge in [-0.15, -0.1) is 0 Å². The van der Waals surface area contributed by atoms with Crippen LogP contribution in [0.1, 0.15) is 31.7 Å². The van der Waals surface area contributed by atoms with E-state index in [-0.39, 0.29) is 48.2 Å². The Balaban J connectivity index is 1.50. The second-order valence-corrected chi connectivity index (χ2v) is 10.1. The number of halogens is 1. The fraction of sp³-hybridized carbons (Fsp3) is 0.364. The molecule has 2 N–H and O–H groups in total. The Morgan fingerprint density at radius 2 is 1.78 bits per heavy atom. The lowest BCUT2D eigenvalue weighted by Crippen LogP contribution is -2.48. The molecule has 2 aromatic carbocycles. The van der Waals surface area contributed by atoms with Gasteiger partial charge in [0.2, 0.25) is 21.8 Å². The minimum Gasteiger partial charge on any atom is -0.373 e. The van der Waals surface area contributed by atoms with Crippen LogP contribution >= 0.6 is 0 Å². The lowest BCUT2D eigenvalue weighted by molar-refractivity contribution is -0.123. The first kappa shape index (κ1) is 22.4. The van der Waals surface area contributed by atoms with Gasteiger partial charge in [0.25, 0.3) is 0 Å². The lowest BCUT2D eigenvalue weighted by atomic mass is 9.89. The number of nitrogens with one attached hydrogen (secondary N) is 2. The third-order valence-electron chi connectivity index (χ3n) is 5.52. The van der Waals surface area contributed by atoms with E-state index in [0.717, 1.165) is 0 Å². The fourth-order valence-corrected chi connectivity index (χ4v) is 5.68. The van der Waals surface area contributed by atoms with E-state index in [1.54, 1.807) is 0 Å². The highest BCUT2D eigenvalue weighted by molar-refractivity contribution is 7.89.